The molecule has 0 saturated heterocycles. The number of rotatable bonds is 4. The van der Waals surface area contributed by atoms with Gasteiger partial charge in [0.1, 0.15) is 10.7 Å². The van der Waals surface area contributed by atoms with Gasteiger partial charge in [-0.2, -0.15) is 0 Å². The number of nitrogens with zero attached hydrogens (tertiary/aromatic N) is 3. The summed E-state index contributed by atoms with van der Waals surface area (Å²) in [5.74, 6) is 0.927. The predicted octanol–water partition coefficient (Wildman–Crippen LogP) is 2.77. The summed E-state index contributed by atoms with van der Waals surface area (Å²) >= 11 is 0. The maximum atomic E-state index is 11.7. The first kappa shape index (κ1) is 14.2. The van der Waals surface area contributed by atoms with E-state index in [0.717, 1.165) is 11.3 Å². The van der Waals surface area contributed by atoms with Gasteiger partial charge >= 0.3 is 0 Å². The summed E-state index contributed by atoms with van der Waals surface area (Å²) in [5, 5.41) is 0.648. The normalized spacial score (nSPS) is 12.1. The molecule has 1 aromatic carbocycles. The smallest absolute Gasteiger partial charge is 0.263 e. The van der Waals surface area contributed by atoms with Crippen LogP contribution >= 0.6 is 10.7 Å². The Bertz CT molecular complexity index is 896. The topological polar surface area (TPSA) is 56.9 Å². The Balaban J connectivity index is 2.01. The molecule has 3 aromatic rings. The van der Waals surface area contributed by atoms with Crippen LogP contribution in [0.4, 0.5) is 0 Å². The highest BCUT2D eigenvalue weighted by molar-refractivity contribution is 8.14. The second kappa shape index (κ2) is 5.20. The first-order valence-corrected chi connectivity index (χ1v) is 8.78. The van der Waals surface area contributed by atoms with Gasteiger partial charge in [0.15, 0.2) is 0 Å². The Kier molecular flexibility index (Phi) is 3.51. The zero-order chi connectivity index (χ0) is 15.0. The summed E-state index contributed by atoms with van der Waals surface area (Å²) in [6.07, 6.45) is 5.25. The van der Waals surface area contributed by atoms with E-state index >= 15 is 0 Å². The van der Waals surface area contributed by atoms with Crippen LogP contribution in [0.25, 0.3) is 10.9 Å². The van der Waals surface area contributed by atoms with E-state index < -0.39 is 9.05 Å². The van der Waals surface area contributed by atoms with E-state index in [-0.39, 0.29) is 4.90 Å². The summed E-state index contributed by atoms with van der Waals surface area (Å²) < 4.78 is 27.3. The van der Waals surface area contributed by atoms with Crippen LogP contribution < -0.4 is 0 Å². The molecule has 0 bridgehead atoms. The largest absolute Gasteiger partial charge is 0.344 e. The molecule has 0 saturated carbocycles. The molecule has 0 N–H and O–H groups in total. The van der Waals surface area contributed by atoms with Crippen LogP contribution in [0.1, 0.15) is 5.82 Å². The number of para-hydroxylation sites is 1. The molecule has 0 spiro atoms. The van der Waals surface area contributed by atoms with Crippen molar-refractivity contribution in [1.82, 2.24) is 14.1 Å². The molecular formula is C14H14ClN3O2S. The zero-order valence-electron chi connectivity index (χ0n) is 11.4. The molecule has 0 aliphatic rings. The summed E-state index contributed by atoms with van der Waals surface area (Å²) in [6, 6.07) is 7.34. The van der Waals surface area contributed by atoms with Crippen LogP contribution in [0.2, 0.25) is 0 Å². The Morgan fingerprint density at radius 3 is 2.57 bits per heavy atom. The summed E-state index contributed by atoms with van der Waals surface area (Å²) in [6.45, 7) is 3.29. The minimum absolute atomic E-state index is 0.155. The Morgan fingerprint density at radius 1 is 1.19 bits per heavy atom. The lowest BCUT2D eigenvalue weighted by Crippen LogP contribution is -2.07. The standard InChI is InChI=1S/C14H14ClN3O2S/c1-11-16-6-7-17(11)8-9-18-10-14(21(15,19)20)12-4-2-3-5-13(12)18/h2-7,10H,8-9H2,1H3. The van der Waals surface area contributed by atoms with Crippen molar-refractivity contribution in [2.24, 2.45) is 0 Å². The fourth-order valence-corrected chi connectivity index (χ4v) is 3.51. The second-order valence-corrected chi connectivity index (χ2v) is 7.34. The number of imidazole rings is 1. The van der Waals surface area contributed by atoms with Crippen LogP contribution in [0.3, 0.4) is 0 Å². The van der Waals surface area contributed by atoms with E-state index in [0.29, 0.717) is 18.5 Å². The lowest BCUT2D eigenvalue weighted by molar-refractivity contribution is 0.577. The van der Waals surface area contributed by atoms with Crippen molar-refractivity contribution < 1.29 is 8.42 Å². The molecule has 21 heavy (non-hydrogen) atoms. The molecule has 0 amide bonds. The minimum Gasteiger partial charge on any atom is -0.344 e. The first-order chi connectivity index (χ1) is 9.97. The van der Waals surface area contributed by atoms with E-state index in [4.69, 9.17) is 10.7 Å². The third-order valence-corrected chi connectivity index (χ3v) is 4.87. The molecule has 7 heteroatoms. The highest BCUT2D eigenvalue weighted by Gasteiger charge is 2.18. The number of halogens is 1. The van der Waals surface area contributed by atoms with E-state index in [1.54, 1.807) is 24.5 Å². The van der Waals surface area contributed by atoms with Gasteiger partial charge in [0.05, 0.1) is 0 Å². The number of fused-ring (bicyclic) bond motifs is 1. The Hall–Kier alpha value is -1.79. The molecule has 110 valence electrons. The van der Waals surface area contributed by atoms with Crippen molar-refractivity contribution in [3.63, 3.8) is 0 Å². The van der Waals surface area contributed by atoms with E-state index in [2.05, 4.69) is 4.98 Å². The first-order valence-electron chi connectivity index (χ1n) is 6.47. The molecule has 2 aromatic heterocycles. The molecule has 0 aliphatic carbocycles. The molecule has 2 heterocycles. The number of benzene rings is 1. The van der Waals surface area contributed by atoms with Gasteiger partial charge in [-0.15, -0.1) is 0 Å². The summed E-state index contributed by atoms with van der Waals surface area (Å²) in [4.78, 5) is 4.33. The minimum atomic E-state index is -3.76. The molecule has 3 rings (SSSR count). The number of aryl methyl sites for hydroxylation is 3. The predicted molar refractivity (Wildman–Crippen MR) is 81.9 cm³/mol. The fraction of sp³-hybridized carbons (Fsp3) is 0.214. The van der Waals surface area contributed by atoms with Gasteiger partial charge in [0.25, 0.3) is 9.05 Å². The molecule has 5 nitrogen and oxygen atoms in total. The zero-order valence-corrected chi connectivity index (χ0v) is 13.0. The van der Waals surface area contributed by atoms with Crippen LogP contribution in [0.5, 0.6) is 0 Å². The van der Waals surface area contributed by atoms with Crippen LogP contribution in [-0.4, -0.2) is 22.5 Å². The lowest BCUT2D eigenvalue weighted by Gasteiger charge is -2.07. The van der Waals surface area contributed by atoms with Gasteiger partial charge in [-0.3, -0.25) is 0 Å². The van der Waals surface area contributed by atoms with Crippen molar-refractivity contribution in [3.05, 3.63) is 48.7 Å². The van der Waals surface area contributed by atoms with Crippen LogP contribution in [-0.2, 0) is 22.1 Å². The van der Waals surface area contributed by atoms with E-state index in [1.807, 2.05) is 34.4 Å². The lowest BCUT2D eigenvalue weighted by atomic mass is 10.2. The van der Waals surface area contributed by atoms with Crippen molar-refractivity contribution in [1.29, 1.82) is 0 Å². The number of hydrogen-bond acceptors (Lipinski definition) is 3. The second-order valence-electron chi connectivity index (χ2n) is 4.81. The van der Waals surface area contributed by atoms with Crippen molar-refractivity contribution in [2.75, 3.05) is 0 Å². The summed E-state index contributed by atoms with van der Waals surface area (Å²) in [7, 11) is 1.76. The average Bonchev–Trinajstić information content (AvgIpc) is 3.00. The van der Waals surface area contributed by atoms with Gasteiger partial charge < -0.3 is 9.13 Å². The molecular weight excluding hydrogens is 310 g/mol. The van der Waals surface area contributed by atoms with Crippen molar-refractivity contribution in [3.8, 4) is 0 Å². The Labute approximate surface area is 127 Å². The third kappa shape index (κ3) is 2.69. The maximum absolute atomic E-state index is 11.7. The summed E-state index contributed by atoms with van der Waals surface area (Å²) in [5.41, 5.74) is 0.856. The third-order valence-electron chi connectivity index (χ3n) is 3.52. The molecule has 0 radical (unpaired) electrons. The van der Waals surface area contributed by atoms with Gasteiger partial charge in [-0.05, 0) is 13.0 Å². The van der Waals surface area contributed by atoms with Gasteiger partial charge in [0, 0.05) is 53.3 Å². The SMILES string of the molecule is Cc1nccn1CCn1cc(S(=O)(=O)Cl)c2ccccc21. The Morgan fingerprint density at radius 2 is 1.90 bits per heavy atom. The molecule has 0 fully saturated rings. The maximum Gasteiger partial charge on any atom is 0.263 e. The van der Waals surface area contributed by atoms with Crippen LogP contribution in [0.15, 0.2) is 47.8 Å². The number of hydrogen-bond donors (Lipinski definition) is 0. The number of aromatic nitrogens is 3. The molecule has 0 aliphatic heterocycles. The van der Waals surface area contributed by atoms with Crippen LogP contribution in [0, 0.1) is 6.92 Å². The van der Waals surface area contributed by atoms with Crippen molar-refractivity contribution in [2.45, 2.75) is 24.9 Å². The van der Waals surface area contributed by atoms with Gasteiger partial charge in [-0.1, -0.05) is 18.2 Å². The average molecular weight is 324 g/mol. The molecule has 0 atom stereocenters. The quantitative estimate of drug-likeness (QED) is 0.694. The monoisotopic (exact) mass is 323 g/mol. The highest BCUT2D eigenvalue weighted by atomic mass is 35.7. The van der Waals surface area contributed by atoms with E-state index in [1.165, 1.54) is 0 Å². The fourth-order valence-electron chi connectivity index (χ4n) is 2.45. The van der Waals surface area contributed by atoms with Gasteiger partial charge in [-0.25, -0.2) is 13.4 Å². The van der Waals surface area contributed by atoms with Gasteiger partial charge in [0.2, 0.25) is 0 Å². The molecule has 0 unspecified atom stereocenters. The van der Waals surface area contributed by atoms with Crippen molar-refractivity contribution >= 4 is 30.6 Å². The van der Waals surface area contributed by atoms with E-state index in [9.17, 15) is 8.42 Å². The highest BCUT2D eigenvalue weighted by Crippen LogP contribution is 2.27.